The Morgan fingerprint density at radius 3 is 2.50 bits per heavy atom. The summed E-state index contributed by atoms with van der Waals surface area (Å²) in [7, 11) is 0. The number of aryl methyl sites for hydroxylation is 1. The Kier molecular flexibility index (Phi) is 4.16. The van der Waals surface area contributed by atoms with Crippen molar-refractivity contribution in [2.45, 2.75) is 20.8 Å². The number of nitrogens with one attached hydrogen (secondary N) is 1. The number of carbonyl (C=O) groups is 1. The summed E-state index contributed by atoms with van der Waals surface area (Å²) in [5.74, 6) is -0.522. The number of amides is 1. The molecule has 3 rings (SSSR count). The first-order valence-corrected chi connectivity index (χ1v) is 7.65. The average molecular weight is 323 g/mol. The Morgan fingerprint density at radius 2 is 1.79 bits per heavy atom. The third kappa shape index (κ3) is 2.93. The average Bonchev–Trinajstić information content (AvgIpc) is 2.94. The van der Waals surface area contributed by atoms with E-state index in [1.807, 2.05) is 39.0 Å². The van der Waals surface area contributed by atoms with Crippen molar-refractivity contribution in [2.75, 3.05) is 5.32 Å². The molecule has 1 heterocycles. The molecule has 0 radical (unpaired) electrons. The maximum atomic E-state index is 13.1. The van der Waals surface area contributed by atoms with Gasteiger partial charge in [0.25, 0.3) is 5.91 Å². The van der Waals surface area contributed by atoms with Gasteiger partial charge < -0.3 is 5.32 Å². The highest BCUT2D eigenvalue weighted by Gasteiger charge is 2.16. The molecule has 0 spiro atoms. The van der Waals surface area contributed by atoms with Crippen LogP contribution in [0.2, 0.25) is 0 Å². The third-order valence-electron chi connectivity index (χ3n) is 4.18. The lowest BCUT2D eigenvalue weighted by Crippen LogP contribution is -2.14. The molecule has 5 heteroatoms. The number of hydrogen-bond acceptors (Lipinski definition) is 2. The molecule has 24 heavy (non-hydrogen) atoms. The Morgan fingerprint density at radius 1 is 1.08 bits per heavy atom. The van der Waals surface area contributed by atoms with Gasteiger partial charge in [0, 0.05) is 5.69 Å². The molecule has 122 valence electrons. The molecule has 0 fully saturated rings. The van der Waals surface area contributed by atoms with Gasteiger partial charge >= 0.3 is 0 Å². The SMILES string of the molecule is Cc1cccc(NC(=O)c2cnn(-c3ccc(F)cc3)c2C)c1C. The number of anilines is 1. The molecule has 0 unspecified atom stereocenters. The van der Waals surface area contributed by atoms with Crippen molar-refractivity contribution in [1.29, 1.82) is 0 Å². The van der Waals surface area contributed by atoms with Crippen LogP contribution in [0.1, 0.15) is 27.2 Å². The molecule has 0 aliphatic heterocycles. The van der Waals surface area contributed by atoms with Gasteiger partial charge in [0.2, 0.25) is 0 Å². The minimum Gasteiger partial charge on any atom is -0.322 e. The normalized spacial score (nSPS) is 10.7. The van der Waals surface area contributed by atoms with E-state index in [0.717, 1.165) is 16.8 Å². The molecule has 4 nitrogen and oxygen atoms in total. The van der Waals surface area contributed by atoms with Crippen molar-refractivity contribution in [3.63, 3.8) is 0 Å². The van der Waals surface area contributed by atoms with Crippen molar-refractivity contribution in [3.05, 3.63) is 76.9 Å². The summed E-state index contributed by atoms with van der Waals surface area (Å²) in [6, 6.07) is 11.8. The van der Waals surface area contributed by atoms with Crippen LogP contribution in [-0.2, 0) is 0 Å². The molecule has 3 aromatic rings. The molecule has 1 aromatic heterocycles. The van der Waals surface area contributed by atoms with Crippen LogP contribution in [-0.4, -0.2) is 15.7 Å². The van der Waals surface area contributed by atoms with Gasteiger partial charge in [0.15, 0.2) is 0 Å². The maximum absolute atomic E-state index is 13.1. The van der Waals surface area contributed by atoms with E-state index in [0.29, 0.717) is 16.9 Å². The van der Waals surface area contributed by atoms with Crippen LogP contribution in [0.15, 0.2) is 48.7 Å². The van der Waals surface area contributed by atoms with E-state index in [1.165, 1.54) is 18.3 Å². The summed E-state index contributed by atoms with van der Waals surface area (Å²) in [5.41, 5.74) is 4.83. The molecule has 0 bridgehead atoms. The monoisotopic (exact) mass is 323 g/mol. The lowest BCUT2D eigenvalue weighted by atomic mass is 10.1. The topological polar surface area (TPSA) is 46.9 Å². The molecule has 0 aliphatic carbocycles. The van der Waals surface area contributed by atoms with Gasteiger partial charge in [0.1, 0.15) is 5.82 Å². The molecule has 0 atom stereocenters. The zero-order chi connectivity index (χ0) is 17.3. The highest BCUT2D eigenvalue weighted by atomic mass is 19.1. The summed E-state index contributed by atoms with van der Waals surface area (Å²) in [6.07, 6.45) is 1.53. The molecular formula is C19H18FN3O. The zero-order valence-corrected chi connectivity index (χ0v) is 13.8. The van der Waals surface area contributed by atoms with Crippen molar-refractivity contribution >= 4 is 11.6 Å². The number of aromatic nitrogens is 2. The van der Waals surface area contributed by atoms with Gasteiger partial charge in [-0.1, -0.05) is 12.1 Å². The number of benzene rings is 2. The first kappa shape index (κ1) is 15.9. The molecule has 0 saturated heterocycles. The summed E-state index contributed by atoms with van der Waals surface area (Å²) in [6.45, 7) is 5.79. The fraction of sp³-hybridized carbons (Fsp3) is 0.158. The summed E-state index contributed by atoms with van der Waals surface area (Å²) < 4.78 is 14.7. The molecular weight excluding hydrogens is 305 g/mol. The second-order valence-corrected chi connectivity index (χ2v) is 5.73. The lowest BCUT2D eigenvalue weighted by molar-refractivity contribution is 0.102. The summed E-state index contributed by atoms with van der Waals surface area (Å²) in [4.78, 5) is 12.6. The largest absolute Gasteiger partial charge is 0.322 e. The first-order chi connectivity index (χ1) is 11.5. The van der Waals surface area contributed by atoms with Crippen molar-refractivity contribution in [1.82, 2.24) is 9.78 Å². The highest BCUT2D eigenvalue weighted by molar-refractivity contribution is 6.05. The standard InChI is InChI=1S/C19H18FN3O/c1-12-5-4-6-18(13(12)2)22-19(24)17-11-21-23(14(17)3)16-9-7-15(20)8-10-16/h4-11H,1-3H3,(H,22,24). The molecule has 2 aromatic carbocycles. The third-order valence-corrected chi connectivity index (χ3v) is 4.18. The summed E-state index contributed by atoms with van der Waals surface area (Å²) >= 11 is 0. The minimum absolute atomic E-state index is 0.213. The van der Waals surface area contributed by atoms with Crippen LogP contribution in [0, 0.1) is 26.6 Å². The van der Waals surface area contributed by atoms with Crippen molar-refractivity contribution in [3.8, 4) is 5.69 Å². The lowest BCUT2D eigenvalue weighted by Gasteiger charge is -2.10. The van der Waals surface area contributed by atoms with Crippen LogP contribution in [0.4, 0.5) is 10.1 Å². The van der Waals surface area contributed by atoms with Crippen LogP contribution in [0.25, 0.3) is 5.69 Å². The van der Waals surface area contributed by atoms with E-state index in [9.17, 15) is 9.18 Å². The second-order valence-electron chi connectivity index (χ2n) is 5.73. The fourth-order valence-electron chi connectivity index (χ4n) is 2.55. The van der Waals surface area contributed by atoms with Gasteiger partial charge in [-0.05, 0) is 62.2 Å². The van der Waals surface area contributed by atoms with Crippen LogP contribution < -0.4 is 5.32 Å². The zero-order valence-electron chi connectivity index (χ0n) is 13.8. The van der Waals surface area contributed by atoms with Crippen molar-refractivity contribution in [2.24, 2.45) is 0 Å². The predicted octanol–water partition coefficient (Wildman–Crippen LogP) is 4.19. The quantitative estimate of drug-likeness (QED) is 0.785. The Hall–Kier alpha value is -2.95. The number of halogens is 1. The van der Waals surface area contributed by atoms with Crippen LogP contribution >= 0.6 is 0 Å². The Bertz CT molecular complexity index is 897. The van der Waals surface area contributed by atoms with E-state index in [2.05, 4.69) is 10.4 Å². The van der Waals surface area contributed by atoms with E-state index in [4.69, 9.17) is 0 Å². The van der Waals surface area contributed by atoms with Crippen LogP contribution in [0.5, 0.6) is 0 Å². The number of hydrogen-bond donors (Lipinski definition) is 1. The van der Waals surface area contributed by atoms with E-state index < -0.39 is 0 Å². The molecule has 0 aliphatic rings. The number of rotatable bonds is 3. The van der Waals surface area contributed by atoms with Gasteiger partial charge in [-0.25, -0.2) is 9.07 Å². The molecule has 0 saturated carbocycles. The summed E-state index contributed by atoms with van der Waals surface area (Å²) in [5, 5.41) is 7.18. The van der Waals surface area contributed by atoms with E-state index >= 15 is 0 Å². The smallest absolute Gasteiger partial charge is 0.259 e. The Labute approximate surface area is 139 Å². The van der Waals surface area contributed by atoms with Gasteiger partial charge in [0.05, 0.1) is 23.1 Å². The first-order valence-electron chi connectivity index (χ1n) is 7.65. The maximum Gasteiger partial charge on any atom is 0.259 e. The second kappa shape index (κ2) is 6.28. The van der Waals surface area contributed by atoms with Crippen LogP contribution in [0.3, 0.4) is 0 Å². The van der Waals surface area contributed by atoms with Gasteiger partial charge in [-0.2, -0.15) is 5.10 Å². The number of nitrogens with zero attached hydrogens (tertiary/aromatic N) is 2. The molecule has 1 amide bonds. The van der Waals surface area contributed by atoms with Gasteiger partial charge in [-0.3, -0.25) is 4.79 Å². The fourth-order valence-corrected chi connectivity index (χ4v) is 2.55. The van der Waals surface area contributed by atoms with Gasteiger partial charge in [-0.15, -0.1) is 0 Å². The highest BCUT2D eigenvalue weighted by Crippen LogP contribution is 2.20. The minimum atomic E-state index is -0.309. The van der Waals surface area contributed by atoms with E-state index in [1.54, 1.807) is 16.8 Å². The van der Waals surface area contributed by atoms with E-state index in [-0.39, 0.29) is 11.7 Å². The molecule has 1 N–H and O–H groups in total. The number of carbonyl (C=O) groups excluding carboxylic acids is 1. The van der Waals surface area contributed by atoms with Crippen molar-refractivity contribution < 1.29 is 9.18 Å². The Balaban J connectivity index is 1.89. The predicted molar refractivity (Wildman–Crippen MR) is 92.1 cm³/mol.